The first kappa shape index (κ1) is 15.1. The Balaban J connectivity index is 2.08. The van der Waals surface area contributed by atoms with E-state index in [4.69, 9.17) is 11.6 Å². The molecule has 1 aromatic rings. The first-order chi connectivity index (χ1) is 9.61. The number of hydrogen-bond acceptors (Lipinski definition) is 3. The van der Waals surface area contributed by atoms with Crippen LogP contribution >= 0.6 is 11.6 Å². The van der Waals surface area contributed by atoms with E-state index in [0.717, 1.165) is 55.4 Å². The topological polar surface area (TPSA) is 35.6 Å². The summed E-state index contributed by atoms with van der Waals surface area (Å²) < 4.78 is 0. The molecule has 1 heterocycles. The minimum atomic E-state index is 0.161. The van der Waals surface area contributed by atoms with E-state index in [-0.39, 0.29) is 5.91 Å². The first-order valence-corrected chi connectivity index (χ1v) is 7.43. The molecule has 0 unspecified atom stereocenters. The Morgan fingerprint density at radius 2 is 2.10 bits per heavy atom. The second kappa shape index (κ2) is 6.95. The van der Waals surface area contributed by atoms with Gasteiger partial charge in [-0.1, -0.05) is 17.7 Å². The Hall–Kier alpha value is -1.26. The van der Waals surface area contributed by atoms with Crippen molar-refractivity contribution in [3.05, 3.63) is 28.8 Å². The molecule has 5 heteroatoms. The zero-order valence-electron chi connectivity index (χ0n) is 12.2. The summed E-state index contributed by atoms with van der Waals surface area (Å²) in [6.07, 6.45) is 0.996. The summed E-state index contributed by atoms with van der Waals surface area (Å²) in [6.45, 7) is 5.87. The van der Waals surface area contributed by atoms with E-state index in [1.165, 1.54) is 0 Å². The van der Waals surface area contributed by atoms with Crippen LogP contribution in [0.2, 0.25) is 5.02 Å². The Bertz CT molecular complexity index is 478. The molecule has 1 N–H and O–H groups in total. The number of carbonyl (C=O) groups excluding carboxylic acids is 1. The summed E-state index contributed by atoms with van der Waals surface area (Å²) in [5, 5.41) is 3.91. The Morgan fingerprint density at radius 1 is 1.30 bits per heavy atom. The lowest BCUT2D eigenvalue weighted by atomic mass is 10.2. The summed E-state index contributed by atoms with van der Waals surface area (Å²) in [4.78, 5) is 15.7. The predicted molar refractivity (Wildman–Crippen MR) is 83.3 cm³/mol. The second-order valence-corrected chi connectivity index (χ2v) is 5.56. The smallest absolute Gasteiger partial charge is 0.219 e. The molecular formula is C15H22ClN3O. The van der Waals surface area contributed by atoms with Crippen LogP contribution in [0.3, 0.4) is 0 Å². The molecule has 1 amide bonds. The molecule has 4 nitrogen and oxygen atoms in total. The minimum absolute atomic E-state index is 0.161. The fraction of sp³-hybridized carbons (Fsp3) is 0.533. The molecule has 1 aliphatic rings. The molecule has 0 bridgehead atoms. The van der Waals surface area contributed by atoms with Crippen LogP contribution in [-0.4, -0.2) is 44.0 Å². The number of hydrogen-bond donors (Lipinski definition) is 1. The standard InChI is InChI=1S/C15H22ClN3O/c1-12(20)18-6-3-7-19(9-8-18)14-5-4-13(11-17-2)15(16)10-14/h4-5,10,17H,3,6-9,11H2,1-2H3. The molecule has 0 atom stereocenters. The van der Waals surface area contributed by atoms with Crippen LogP contribution in [0.15, 0.2) is 18.2 Å². The summed E-state index contributed by atoms with van der Waals surface area (Å²) in [5.74, 6) is 0.161. The van der Waals surface area contributed by atoms with E-state index in [1.807, 2.05) is 18.0 Å². The Labute approximate surface area is 125 Å². The van der Waals surface area contributed by atoms with Crippen molar-refractivity contribution in [2.45, 2.75) is 19.9 Å². The molecule has 0 aromatic heterocycles. The third-order valence-corrected chi connectivity index (χ3v) is 4.06. The molecule has 1 fully saturated rings. The number of benzene rings is 1. The molecule has 0 saturated carbocycles. The number of halogens is 1. The maximum absolute atomic E-state index is 11.4. The lowest BCUT2D eigenvalue weighted by Gasteiger charge is -2.24. The van der Waals surface area contributed by atoms with Gasteiger partial charge in [-0.3, -0.25) is 4.79 Å². The van der Waals surface area contributed by atoms with Crippen LogP contribution in [0.1, 0.15) is 18.9 Å². The van der Waals surface area contributed by atoms with Crippen molar-refractivity contribution >= 4 is 23.2 Å². The molecule has 20 heavy (non-hydrogen) atoms. The summed E-state index contributed by atoms with van der Waals surface area (Å²) in [6, 6.07) is 6.21. The average molecular weight is 296 g/mol. The van der Waals surface area contributed by atoms with Crippen molar-refractivity contribution in [1.29, 1.82) is 0 Å². The zero-order chi connectivity index (χ0) is 14.5. The van der Waals surface area contributed by atoms with Gasteiger partial charge in [0.25, 0.3) is 0 Å². The largest absolute Gasteiger partial charge is 0.370 e. The van der Waals surface area contributed by atoms with Crippen molar-refractivity contribution in [3.8, 4) is 0 Å². The lowest BCUT2D eigenvalue weighted by molar-refractivity contribution is -0.128. The molecule has 1 aliphatic heterocycles. The van der Waals surface area contributed by atoms with Crippen molar-refractivity contribution in [1.82, 2.24) is 10.2 Å². The zero-order valence-corrected chi connectivity index (χ0v) is 12.9. The van der Waals surface area contributed by atoms with Gasteiger partial charge >= 0.3 is 0 Å². The van der Waals surface area contributed by atoms with Crippen LogP contribution in [0, 0.1) is 0 Å². The molecule has 0 radical (unpaired) electrons. The van der Waals surface area contributed by atoms with Crippen LogP contribution in [-0.2, 0) is 11.3 Å². The third kappa shape index (κ3) is 3.64. The number of anilines is 1. The summed E-state index contributed by atoms with van der Waals surface area (Å²) >= 11 is 6.32. The van der Waals surface area contributed by atoms with Crippen LogP contribution in [0.5, 0.6) is 0 Å². The summed E-state index contributed by atoms with van der Waals surface area (Å²) in [5.41, 5.74) is 2.25. The van der Waals surface area contributed by atoms with E-state index < -0.39 is 0 Å². The lowest BCUT2D eigenvalue weighted by Crippen LogP contribution is -2.33. The van der Waals surface area contributed by atoms with Gasteiger partial charge in [0.15, 0.2) is 0 Å². The SMILES string of the molecule is CNCc1ccc(N2CCCN(C(C)=O)CC2)cc1Cl. The minimum Gasteiger partial charge on any atom is -0.370 e. The van der Waals surface area contributed by atoms with E-state index in [9.17, 15) is 4.79 Å². The maximum atomic E-state index is 11.4. The first-order valence-electron chi connectivity index (χ1n) is 7.05. The highest BCUT2D eigenvalue weighted by Crippen LogP contribution is 2.24. The van der Waals surface area contributed by atoms with Crippen molar-refractivity contribution in [3.63, 3.8) is 0 Å². The normalized spacial score (nSPS) is 16.1. The van der Waals surface area contributed by atoms with Gasteiger partial charge < -0.3 is 15.1 Å². The van der Waals surface area contributed by atoms with Gasteiger partial charge in [-0.05, 0) is 31.2 Å². The quantitative estimate of drug-likeness (QED) is 0.928. The fourth-order valence-electron chi connectivity index (χ4n) is 2.56. The second-order valence-electron chi connectivity index (χ2n) is 5.15. The summed E-state index contributed by atoms with van der Waals surface area (Å²) in [7, 11) is 1.91. The monoisotopic (exact) mass is 295 g/mol. The van der Waals surface area contributed by atoms with Gasteiger partial charge in [-0.25, -0.2) is 0 Å². The van der Waals surface area contributed by atoms with E-state index in [2.05, 4.69) is 22.3 Å². The Kier molecular flexibility index (Phi) is 5.26. The van der Waals surface area contributed by atoms with Crippen molar-refractivity contribution in [2.75, 3.05) is 38.1 Å². The van der Waals surface area contributed by atoms with Gasteiger partial charge in [-0.2, -0.15) is 0 Å². The highest BCUT2D eigenvalue weighted by Gasteiger charge is 2.17. The van der Waals surface area contributed by atoms with Crippen LogP contribution < -0.4 is 10.2 Å². The molecule has 0 aliphatic carbocycles. The van der Waals surface area contributed by atoms with Gasteiger partial charge in [-0.15, -0.1) is 0 Å². The Morgan fingerprint density at radius 3 is 2.75 bits per heavy atom. The van der Waals surface area contributed by atoms with Crippen molar-refractivity contribution in [2.24, 2.45) is 0 Å². The van der Waals surface area contributed by atoms with Gasteiger partial charge in [0.05, 0.1) is 0 Å². The van der Waals surface area contributed by atoms with E-state index in [1.54, 1.807) is 6.92 Å². The molecular weight excluding hydrogens is 274 g/mol. The van der Waals surface area contributed by atoms with Gasteiger partial charge in [0.1, 0.15) is 0 Å². The molecule has 0 spiro atoms. The molecule has 2 rings (SSSR count). The molecule has 1 aromatic carbocycles. The molecule has 1 saturated heterocycles. The number of nitrogens with zero attached hydrogens (tertiary/aromatic N) is 2. The third-order valence-electron chi connectivity index (χ3n) is 3.71. The van der Waals surface area contributed by atoms with Crippen molar-refractivity contribution < 1.29 is 4.79 Å². The number of rotatable bonds is 3. The van der Waals surface area contributed by atoms with E-state index in [0.29, 0.717) is 0 Å². The number of nitrogens with one attached hydrogen (secondary N) is 1. The van der Waals surface area contributed by atoms with Gasteiger partial charge in [0, 0.05) is 50.4 Å². The number of carbonyl (C=O) groups is 1. The fourth-order valence-corrected chi connectivity index (χ4v) is 2.80. The van der Waals surface area contributed by atoms with Crippen LogP contribution in [0.4, 0.5) is 5.69 Å². The predicted octanol–water partition coefficient (Wildman–Crippen LogP) is 2.12. The van der Waals surface area contributed by atoms with E-state index >= 15 is 0 Å². The highest BCUT2D eigenvalue weighted by molar-refractivity contribution is 6.31. The average Bonchev–Trinajstić information content (AvgIpc) is 2.67. The van der Waals surface area contributed by atoms with Gasteiger partial charge in [0.2, 0.25) is 5.91 Å². The number of amides is 1. The molecule has 110 valence electrons. The maximum Gasteiger partial charge on any atom is 0.219 e. The van der Waals surface area contributed by atoms with Crippen LogP contribution in [0.25, 0.3) is 0 Å². The highest BCUT2D eigenvalue weighted by atomic mass is 35.5.